The molecule has 4 rings (SSSR count). The van der Waals surface area contributed by atoms with Gasteiger partial charge in [0.1, 0.15) is 0 Å². The molecule has 0 radical (unpaired) electrons. The Labute approximate surface area is 163 Å². The first-order valence-electron chi connectivity index (χ1n) is 9.03. The summed E-state index contributed by atoms with van der Waals surface area (Å²) < 4.78 is 5.47. The molecular weight excluding hydrogens is 350 g/mol. The summed E-state index contributed by atoms with van der Waals surface area (Å²) in [5.74, 6) is 0.645. The summed E-state index contributed by atoms with van der Waals surface area (Å²) in [5, 5.41) is 7.04. The zero-order valence-corrected chi connectivity index (χ0v) is 15.4. The number of aryl methyl sites for hydroxylation is 1. The molecule has 0 fully saturated rings. The Bertz CT molecular complexity index is 1100. The number of hydrogen-bond acceptors (Lipinski definition) is 4. The molecule has 0 aliphatic heterocycles. The third kappa shape index (κ3) is 3.69. The number of carbonyl (C=O) groups excluding carboxylic acids is 1. The van der Waals surface area contributed by atoms with E-state index in [4.69, 9.17) is 4.52 Å². The maximum absolute atomic E-state index is 12.7. The number of benzene rings is 3. The standard InChI is InChI=1S/C23H19N3O2/c1-16-9-5-6-12-18(16)21-25-23(28-26-21)20-14-8-7-13-19(20)22(27)24-15-17-10-3-2-4-11-17/h2-14H,15H2,1H3,(H,24,27). The number of nitrogens with one attached hydrogen (secondary N) is 1. The van der Waals surface area contributed by atoms with Gasteiger partial charge in [0.2, 0.25) is 5.82 Å². The molecular formula is C23H19N3O2. The van der Waals surface area contributed by atoms with Crippen LogP contribution in [0, 0.1) is 6.92 Å². The van der Waals surface area contributed by atoms with E-state index in [1.807, 2.05) is 79.7 Å². The van der Waals surface area contributed by atoms with Crippen LogP contribution >= 0.6 is 0 Å². The van der Waals surface area contributed by atoms with E-state index in [0.29, 0.717) is 29.4 Å². The van der Waals surface area contributed by atoms with Crippen LogP contribution in [0.25, 0.3) is 22.8 Å². The second kappa shape index (κ2) is 7.88. The number of aromatic nitrogens is 2. The number of carbonyl (C=O) groups is 1. The molecule has 1 aromatic heterocycles. The minimum atomic E-state index is -0.185. The zero-order chi connectivity index (χ0) is 19.3. The first kappa shape index (κ1) is 17.7. The van der Waals surface area contributed by atoms with Crippen molar-refractivity contribution in [2.24, 2.45) is 0 Å². The molecule has 1 heterocycles. The third-order valence-corrected chi connectivity index (χ3v) is 4.51. The van der Waals surface area contributed by atoms with Crippen molar-refractivity contribution in [2.75, 3.05) is 0 Å². The SMILES string of the molecule is Cc1ccccc1-c1noc(-c2ccccc2C(=O)NCc2ccccc2)n1. The topological polar surface area (TPSA) is 68.0 Å². The lowest BCUT2D eigenvalue weighted by Gasteiger charge is -2.08. The number of hydrogen-bond donors (Lipinski definition) is 1. The van der Waals surface area contributed by atoms with Gasteiger partial charge < -0.3 is 9.84 Å². The average Bonchev–Trinajstić information content (AvgIpc) is 3.23. The Kier molecular flexibility index (Phi) is 4.97. The predicted molar refractivity (Wildman–Crippen MR) is 108 cm³/mol. The van der Waals surface area contributed by atoms with Crippen LogP contribution in [0.2, 0.25) is 0 Å². The lowest BCUT2D eigenvalue weighted by molar-refractivity contribution is 0.0951. The maximum Gasteiger partial charge on any atom is 0.259 e. The summed E-state index contributed by atoms with van der Waals surface area (Å²) >= 11 is 0. The first-order chi connectivity index (χ1) is 13.7. The summed E-state index contributed by atoms with van der Waals surface area (Å²) in [5.41, 5.74) is 4.11. The van der Waals surface area contributed by atoms with E-state index in [1.54, 1.807) is 6.07 Å². The van der Waals surface area contributed by atoms with E-state index in [0.717, 1.165) is 16.7 Å². The van der Waals surface area contributed by atoms with Gasteiger partial charge in [0.15, 0.2) is 0 Å². The van der Waals surface area contributed by atoms with E-state index in [-0.39, 0.29) is 5.91 Å². The molecule has 0 saturated carbocycles. The molecule has 3 aromatic carbocycles. The van der Waals surface area contributed by atoms with Crippen LogP contribution in [0.5, 0.6) is 0 Å². The highest BCUT2D eigenvalue weighted by Gasteiger charge is 2.18. The van der Waals surface area contributed by atoms with E-state index < -0.39 is 0 Å². The van der Waals surface area contributed by atoms with Crippen molar-refractivity contribution in [2.45, 2.75) is 13.5 Å². The smallest absolute Gasteiger partial charge is 0.259 e. The molecule has 4 aromatic rings. The van der Waals surface area contributed by atoms with E-state index >= 15 is 0 Å². The lowest BCUT2D eigenvalue weighted by Crippen LogP contribution is -2.23. The Balaban J connectivity index is 1.60. The summed E-state index contributed by atoms with van der Waals surface area (Å²) in [7, 11) is 0. The summed E-state index contributed by atoms with van der Waals surface area (Å²) in [4.78, 5) is 17.3. The normalized spacial score (nSPS) is 10.6. The van der Waals surface area contributed by atoms with Gasteiger partial charge in [-0.1, -0.05) is 71.9 Å². The molecule has 1 amide bonds. The number of rotatable bonds is 5. The van der Waals surface area contributed by atoms with Crippen LogP contribution in [0.15, 0.2) is 83.4 Å². The highest BCUT2D eigenvalue weighted by molar-refractivity contribution is 6.00. The van der Waals surface area contributed by atoms with Crippen molar-refractivity contribution in [3.63, 3.8) is 0 Å². The van der Waals surface area contributed by atoms with E-state index in [2.05, 4.69) is 15.5 Å². The fourth-order valence-electron chi connectivity index (χ4n) is 3.01. The van der Waals surface area contributed by atoms with Gasteiger partial charge in [-0.2, -0.15) is 4.98 Å². The Hall–Kier alpha value is -3.73. The van der Waals surface area contributed by atoms with Gasteiger partial charge >= 0.3 is 0 Å². The molecule has 0 spiro atoms. The monoisotopic (exact) mass is 369 g/mol. The number of amides is 1. The molecule has 28 heavy (non-hydrogen) atoms. The quantitative estimate of drug-likeness (QED) is 0.556. The summed E-state index contributed by atoms with van der Waals surface area (Å²) in [6, 6.07) is 24.9. The summed E-state index contributed by atoms with van der Waals surface area (Å²) in [6.45, 7) is 2.45. The van der Waals surface area contributed by atoms with Crippen LogP contribution in [-0.2, 0) is 6.54 Å². The predicted octanol–water partition coefficient (Wildman–Crippen LogP) is 4.64. The molecule has 0 bridgehead atoms. The van der Waals surface area contributed by atoms with Crippen molar-refractivity contribution >= 4 is 5.91 Å². The Morgan fingerprint density at radius 1 is 0.893 bits per heavy atom. The molecule has 0 atom stereocenters. The molecule has 0 unspecified atom stereocenters. The lowest BCUT2D eigenvalue weighted by atomic mass is 10.1. The van der Waals surface area contributed by atoms with Crippen molar-refractivity contribution in [1.82, 2.24) is 15.5 Å². The van der Waals surface area contributed by atoms with Crippen LogP contribution in [0.3, 0.4) is 0 Å². The van der Waals surface area contributed by atoms with Crippen molar-refractivity contribution in [1.29, 1.82) is 0 Å². The first-order valence-corrected chi connectivity index (χ1v) is 9.03. The third-order valence-electron chi connectivity index (χ3n) is 4.51. The minimum Gasteiger partial charge on any atom is -0.348 e. The summed E-state index contributed by atoms with van der Waals surface area (Å²) in [6.07, 6.45) is 0. The van der Waals surface area contributed by atoms with Crippen LogP contribution in [0.4, 0.5) is 0 Å². The molecule has 0 aliphatic rings. The Morgan fingerprint density at radius 2 is 1.57 bits per heavy atom. The van der Waals surface area contributed by atoms with Gasteiger partial charge in [0.05, 0.1) is 11.1 Å². The van der Waals surface area contributed by atoms with Gasteiger partial charge in [-0.15, -0.1) is 0 Å². The second-order valence-corrected chi connectivity index (χ2v) is 6.45. The molecule has 0 saturated heterocycles. The zero-order valence-electron chi connectivity index (χ0n) is 15.4. The van der Waals surface area contributed by atoms with Gasteiger partial charge in [-0.25, -0.2) is 0 Å². The van der Waals surface area contributed by atoms with Crippen molar-refractivity contribution in [3.8, 4) is 22.8 Å². The van der Waals surface area contributed by atoms with E-state index in [9.17, 15) is 4.79 Å². The van der Waals surface area contributed by atoms with Gasteiger partial charge in [-0.05, 0) is 30.2 Å². The van der Waals surface area contributed by atoms with Gasteiger partial charge in [0.25, 0.3) is 11.8 Å². The fraction of sp³-hybridized carbons (Fsp3) is 0.0870. The molecule has 1 N–H and O–H groups in total. The van der Waals surface area contributed by atoms with Crippen LogP contribution < -0.4 is 5.32 Å². The molecule has 0 aliphatic carbocycles. The molecule has 5 nitrogen and oxygen atoms in total. The second-order valence-electron chi connectivity index (χ2n) is 6.45. The van der Waals surface area contributed by atoms with Crippen molar-refractivity contribution in [3.05, 3.63) is 95.6 Å². The largest absolute Gasteiger partial charge is 0.348 e. The minimum absolute atomic E-state index is 0.185. The molecule has 138 valence electrons. The highest BCUT2D eigenvalue weighted by Crippen LogP contribution is 2.26. The maximum atomic E-state index is 12.7. The highest BCUT2D eigenvalue weighted by atomic mass is 16.5. The van der Waals surface area contributed by atoms with Crippen LogP contribution in [-0.4, -0.2) is 16.0 Å². The van der Waals surface area contributed by atoms with Crippen molar-refractivity contribution < 1.29 is 9.32 Å². The number of nitrogens with zero attached hydrogens (tertiary/aromatic N) is 2. The molecule has 5 heteroatoms. The van der Waals surface area contributed by atoms with Gasteiger partial charge in [-0.3, -0.25) is 4.79 Å². The fourth-order valence-corrected chi connectivity index (χ4v) is 3.01. The Morgan fingerprint density at radius 3 is 2.36 bits per heavy atom. The van der Waals surface area contributed by atoms with Crippen LogP contribution in [0.1, 0.15) is 21.5 Å². The van der Waals surface area contributed by atoms with Gasteiger partial charge in [0, 0.05) is 12.1 Å². The average molecular weight is 369 g/mol. The van der Waals surface area contributed by atoms with E-state index in [1.165, 1.54) is 0 Å².